The maximum atomic E-state index is 13.8. The topological polar surface area (TPSA) is 37.3 Å². The van der Waals surface area contributed by atoms with Crippen molar-refractivity contribution >= 4 is 29.5 Å². The van der Waals surface area contributed by atoms with Crippen molar-refractivity contribution in [2.75, 3.05) is 18.8 Å². The summed E-state index contributed by atoms with van der Waals surface area (Å²) in [5.41, 5.74) is -0.0264. The molecule has 1 saturated heterocycles. The van der Waals surface area contributed by atoms with Gasteiger partial charge in [-0.05, 0) is 67.7 Å². The SMILES string of the molecule is CCSn1cccc1CNC(=O)c1cc(Cl)c(CN2CCCCC2)c(C(F)(F)F)c1. The zero-order valence-electron chi connectivity index (χ0n) is 16.8. The fourth-order valence-electron chi connectivity index (χ4n) is 3.60. The van der Waals surface area contributed by atoms with Crippen molar-refractivity contribution in [3.05, 3.63) is 57.9 Å². The Bertz CT molecular complexity index is 879. The van der Waals surface area contributed by atoms with Crippen LogP contribution in [0.1, 0.15) is 53.4 Å². The second kappa shape index (κ2) is 10.1. The number of piperidine rings is 1. The Labute approximate surface area is 183 Å². The molecule has 1 aliphatic heterocycles. The van der Waals surface area contributed by atoms with Crippen molar-refractivity contribution in [3.63, 3.8) is 0 Å². The normalized spacial score (nSPS) is 15.4. The van der Waals surface area contributed by atoms with Gasteiger partial charge in [0.2, 0.25) is 0 Å². The lowest BCUT2D eigenvalue weighted by Crippen LogP contribution is -2.30. The van der Waals surface area contributed by atoms with E-state index in [0.717, 1.165) is 49.9 Å². The summed E-state index contributed by atoms with van der Waals surface area (Å²) in [7, 11) is 0. The minimum atomic E-state index is -4.59. The van der Waals surface area contributed by atoms with Gasteiger partial charge in [0, 0.05) is 34.8 Å². The van der Waals surface area contributed by atoms with Crippen molar-refractivity contribution in [2.24, 2.45) is 0 Å². The van der Waals surface area contributed by atoms with Gasteiger partial charge >= 0.3 is 6.18 Å². The first-order valence-corrected chi connectivity index (χ1v) is 11.3. The van der Waals surface area contributed by atoms with Gasteiger partial charge in [-0.25, -0.2) is 0 Å². The van der Waals surface area contributed by atoms with E-state index in [2.05, 4.69) is 5.32 Å². The fourth-order valence-corrected chi connectivity index (χ4v) is 4.60. The van der Waals surface area contributed by atoms with E-state index in [1.807, 2.05) is 34.1 Å². The molecule has 0 saturated carbocycles. The lowest BCUT2D eigenvalue weighted by Gasteiger charge is -2.28. The van der Waals surface area contributed by atoms with Crippen molar-refractivity contribution in [1.82, 2.24) is 14.2 Å². The Morgan fingerprint density at radius 2 is 1.97 bits per heavy atom. The zero-order valence-corrected chi connectivity index (χ0v) is 18.3. The summed E-state index contributed by atoms with van der Waals surface area (Å²) in [4.78, 5) is 14.6. The number of carbonyl (C=O) groups excluding carboxylic acids is 1. The maximum absolute atomic E-state index is 13.8. The van der Waals surface area contributed by atoms with Crippen molar-refractivity contribution in [1.29, 1.82) is 0 Å². The van der Waals surface area contributed by atoms with Crippen molar-refractivity contribution < 1.29 is 18.0 Å². The molecular formula is C21H25ClF3N3OS. The third kappa shape index (κ3) is 5.74. The third-order valence-electron chi connectivity index (χ3n) is 5.08. The van der Waals surface area contributed by atoms with Gasteiger partial charge in [-0.3, -0.25) is 13.7 Å². The number of likely N-dealkylation sites (tertiary alicyclic amines) is 1. The molecule has 1 fully saturated rings. The Morgan fingerprint density at radius 1 is 1.23 bits per heavy atom. The predicted octanol–water partition coefficient (Wildman–Crippen LogP) is 5.59. The van der Waals surface area contributed by atoms with Gasteiger partial charge in [-0.15, -0.1) is 0 Å². The predicted molar refractivity (Wildman–Crippen MR) is 115 cm³/mol. The highest BCUT2D eigenvalue weighted by molar-refractivity contribution is 7.97. The summed E-state index contributed by atoms with van der Waals surface area (Å²) < 4.78 is 43.2. The van der Waals surface area contributed by atoms with Crippen LogP contribution in [0.15, 0.2) is 30.5 Å². The molecule has 1 N–H and O–H groups in total. The molecule has 4 nitrogen and oxygen atoms in total. The van der Waals surface area contributed by atoms with Crippen LogP contribution in [0, 0.1) is 0 Å². The second-order valence-electron chi connectivity index (χ2n) is 7.24. The molecule has 0 spiro atoms. The van der Waals surface area contributed by atoms with Gasteiger partial charge in [0.05, 0.1) is 12.1 Å². The van der Waals surface area contributed by atoms with Gasteiger partial charge in [-0.1, -0.05) is 24.9 Å². The molecule has 1 aromatic carbocycles. The first-order chi connectivity index (χ1) is 14.3. The smallest absolute Gasteiger partial charge is 0.346 e. The zero-order chi connectivity index (χ0) is 21.7. The van der Waals surface area contributed by atoms with Crippen LogP contribution in [0.5, 0.6) is 0 Å². The maximum Gasteiger partial charge on any atom is 0.416 e. The van der Waals surface area contributed by atoms with Crippen LogP contribution in [0.25, 0.3) is 0 Å². The van der Waals surface area contributed by atoms with E-state index >= 15 is 0 Å². The Morgan fingerprint density at radius 3 is 2.63 bits per heavy atom. The second-order valence-corrected chi connectivity index (χ2v) is 8.88. The number of aromatic nitrogens is 1. The monoisotopic (exact) mass is 459 g/mol. The molecule has 30 heavy (non-hydrogen) atoms. The molecule has 2 aromatic rings. The highest BCUT2D eigenvalue weighted by Crippen LogP contribution is 2.37. The minimum absolute atomic E-state index is 0.0227. The quantitative estimate of drug-likeness (QED) is 0.586. The number of nitrogens with zero attached hydrogens (tertiary/aromatic N) is 2. The molecule has 0 aliphatic carbocycles. The number of amides is 1. The minimum Gasteiger partial charge on any atom is -0.346 e. The summed E-state index contributed by atoms with van der Waals surface area (Å²) in [6.07, 6.45) is 0.325. The summed E-state index contributed by atoms with van der Waals surface area (Å²) in [6.45, 7) is 3.88. The van der Waals surface area contributed by atoms with E-state index in [-0.39, 0.29) is 29.2 Å². The van der Waals surface area contributed by atoms with Gasteiger partial charge < -0.3 is 5.32 Å². The third-order valence-corrected chi connectivity index (χ3v) is 6.31. The number of hydrogen-bond donors (Lipinski definition) is 1. The van der Waals surface area contributed by atoms with E-state index < -0.39 is 17.6 Å². The highest BCUT2D eigenvalue weighted by atomic mass is 35.5. The summed E-state index contributed by atoms with van der Waals surface area (Å²) in [5, 5.41) is 2.67. The first-order valence-electron chi connectivity index (χ1n) is 9.99. The Kier molecular flexibility index (Phi) is 7.76. The van der Waals surface area contributed by atoms with Gasteiger partial charge in [0.15, 0.2) is 0 Å². The lowest BCUT2D eigenvalue weighted by molar-refractivity contribution is -0.138. The number of hydrogen-bond acceptors (Lipinski definition) is 3. The van der Waals surface area contributed by atoms with E-state index in [1.54, 1.807) is 11.9 Å². The van der Waals surface area contributed by atoms with Crippen LogP contribution in [0.3, 0.4) is 0 Å². The van der Waals surface area contributed by atoms with Gasteiger partial charge in [-0.2, -0.15) is 13.2 Å². The molecule has 0 radical (unpaired) electrons. The Hall–Kier alpha value is -1.64. The van der Waals surface area contributed by atoms with E-state index in [9.17, 15) is 18.0 Å². The number of nitrogens with one attached hydrogen (secondary N) is 1. The summed E-state index contributed by atoms with van der Waals surface area (Å²) in [6, 6.07) is 5.97. The molecular weight excluding hydrogens is 435 g/mol. The van der Waals surface area contributed by atoms with Gasteiger partial charge in [0.25, 0.3) is 5.91 Å². The molecule has 9 heteroatoms. The van der Waals surface area contributed by atoms with Crippen LogP contribution < -0.4 is 5.32 Å². The van der Waals surface area contributed by atoms with Crippen LogP contribution in [0.2, 0.25) is 5.02 Å². The number of rotatable bonds is 7. The molecule has 0 unspecified atom stereocenters. The van der Waals surface area contributed by atoms with Crippen LogP contribution in [-0.4, -0.2) is 33.6 Å². The number of benzene rings is 1. The number of carbonyl (C=O) groups is 1. The average Bonchev–Trinajstić information content (AvgIpc) is 3.15. The molecule has 164 valence electrons. The summed E-state index contributed by atoms with van der Waals surface area (Å²) >= 11 is 7.83. The van der Waals surface area contributed by atoms with E-state index in [4.69, 9.17) is 11.6 Å². The summed E-state index contributed by atoms with van der Waals surface area (Å²) in [5.74, 6) is 0.278. The van der Waals surface area contributed by atoms with E-state index in [1.165, 1.54) is 6.07 Å². The van der Waals surface area contributed by atoms with E-state index in [0.29, 0.717) is 0 Å². The Balaban J connectivity index is 1.79. The van der Waals surface area contributed by atoms with Crippen molar-refractivity contribution in [3.8, 4) is 0 Å². The number of halogens is 4. The van der Waals surface area contributed by atoms with Crippen molar-refractivity contribution in [2.45, 2.75) is 45.5 Å². The van der Waals surface area contributed by atoms with Gasteiger partial charge in [0.1, 0.15) is 0 Å². The fraction of sp³-hybridized carbons (Fsp3) is 0.476. The highest BCUT2D eigenvalue weighted by Gasteiger charge is 2.36. The number of alkyl halides is 3. The molecule has 3 rings (SSSR count). The standard InChI is InChI=1S/C21H25ClF3N3OS/c1-2-30-28-10-6-7-16(28)13-26-20(29)15-11-18(21(23,24)25)17(19(22)12-15)14-27-8-4-3-5-9-27/h6-7,10-12H,2-5,8-9,13-14H2,1H3,(H,26,29). The first kappa shape index (κ1) is 23.0. The largest absolute Gasteiger partial charge is 0.416 e. The average molecular weight is 460 g/mol. The lowest BCUT2D eigenvalue weighted by atomic mass is 10.0. The molecule has 0 atom stereocenters. The van der Waals surface area contributed by atoms with Crippen LogP contribution in [-0.2, 0) is 19.3 Å². The molecule has 1 amide bonds. The molecule has 2 heterocycles. The van der Waals surface area contributed by atoms with Crippen LogP contribution in [0.4, 0.5) is 13.2 Å². The molecule has 0 bridgehead atoms. The van der Waals surface area contributed by atoms with Crippen LogP contribution >= 0.6 is 23.5 Å². The molecule has 1 aliphatic rings. The molecule has 1 aromatic heterocycles.